The molecular weight excluding hydrogens is 266 g/mol. The molecule has 0 bridgehead atoms. The van der Waals surface area contributed by atoms with Crippen molar-refractivity contribution in [3.8, 4) is 17.1 Å². The zero-order valence-electron chi connectivity index (χ0n) is 11.0. The molecule has 0 saturated carbocycles. The fraction of sp³-hybridized carbons (Fsp3) is 0. The Balaban J connectivity index is 1.74. The van der Waals surface area contributed by atoms with Crippen molar-refractivity contribution in [2.75, 3.05) is 5.73 Å². The van der Waals surface area contributed by atoms with Crippen molar-refractivity contribution in [3.63, 3.8) is 0 Å². The van der Waals surface area contributed by atoms with E-state index in [-0.39, 0.29) is 0 Å². The number of nitrogen functional groups attached to an aromatic ring is 1. The van der Waals surface area contributed by atoms with E-state index in [1.807, 2.05) is 41.1 Å². The van der Waals surface area contributed by atoms with E-state index in [0.717, 1.165) is 16.9 Å². The highest BCUT2D eigenvalue weighted by molar-refractivity contribution is 5.63. The lowest BCUT2D eigenvalue weighted by atomic mass is 10.2. The summed E-state index contributed by atoms with van der Waals surface area (Å²) in [7, 11) is 0. The van der Waals surface area contributed by atoms with Gasteiger partial charge in [0.05, 0.1) is 18.1 Å². The van der Waals surface area contributed by atoms with Gasteiger partial charge >= 0.3 is 0 Å². The van der Waals surface area contributed by atoms with Gasteiger partial charge in [0.15, 0.2) is 5.82 Å². The monoisotopic (exact) mass is 277 g/mol. The van der Waals surface area contributed by atoms with E-state index in [9.17, 15) is 0 Å². The molecule has 0 aromatic carbocycles. The summed E-state index contributed by atoms with van der Waals surface area (Å²) in [6.07, 6.45) is 8.74. The summed E-state index contributed by atoms with van der Waals surface area (Å²) in [6, 6.07) is 7.51. The van der Waals surface area contributed by atoms with Gasteiger partial charge < -0.3 is 10.1 Å². The van der Waals surface area contributed by atoms with Gasteiger partial charge in [-0.15, -0.1) is 4.80 Å². The van der Waals surface area contributed by atoms with Crippen LogP contribution < -0.4 is 5.73 Å². The minimum absolute atomic E-state index is 0.664. The second-order valence-electron chi connectivity index (χ2n) is 4.58. The highest BCUT2D eigenvalue weighted by atomic mass is 15.5. The first-order valence-electron chi connectivity index (χ1n) is 6.37. The first-order chi connectivity index (χ1) is 10.3. The molecule has 2 N–H and O–H groups in total. The summed E-state index contributed by atoms with van der Waals surface area (Å²) in [4.78, 5) is 10.4. The van der Waals surface area contributed by atoms with Crippen molar-refractivity contribution in [2.45, 2.75) is 0 Å². The van der Waals surface area contributed by atoms with Crippen LogP contribution in [0.5, 0.6) is 0 Å². The molecule has 0 atom stereocenters. The van der Waals surface area contributed by atoms with Gasteiger partial charge in [-0.1, -0.05) is 0 Å². The molecule has 0 saturated heterocycles. The average Bonchev–Trinajstić information content (AvgIpc) is 3.16. The van der Waals surface area contributed by atoms with Crippen LogP contribution in [0.15, 0.2) is 55.2 Å². The Hall–Kier alpha value is -3.22. The molecule has 0 aliphatic carbocycles. The van der Waals surface area contributed by atoms with Gasteiger partial charge in [0, 0.05) is 29.8 Å². The molecule has 102 valence electrons. The molecule has 0 unspecified atom stereocenters. The molecule has 4 aromatic heterocycles. The maximum atomic E-state index is 5.77. The maximum absolute atomic E-state index is 5.77. The number of hydrogen-bond acceptors (Lipinski definition) is 5. The summed E-state index contributed by atoms with van der Waals surface area (Å²) < 4.78 is 1.90. The molecule has 7 nitrogen and oxygen atoms in total. The summed E-state index contributed by atoms with van der Waals surface area (Å²) in [5.74, 6) is 0.664. The quantitative estimate of drug-likeness (QED) is 0.600. The van der Waals surface area contributed by atoms with Crippen molar-refractivity contribution >= 4 is 11.3 Å². The number of aromatic nitrogens is 6. The summed E-state index contributed by atoms with van der Waals surface area (Å²) in [5, 5.41) is 8.09. The Labute approximate surface area is 119 Å². The second kappa shape index (κ2) is 4.41. The van der Waals surface area contributed by atoms with Crippen LogP contribution in [0.1, 0.15) is 0 Å². The van der Waals surface area contributed by atoms with Crippen molar-refractivity contribution < 1.29 is 0 Å². The van der Waals surface area contributed by atoms with E-state index in [1.165, 1.54) is 4.80 Å². The first kappa shape index (κ1) is 11.6. The lowest BCUT2D eigenvalue weighted by Gasteiger charge is -1.99. The standard InChI is InChI=1S/C14H11N7/c15-11-2-4-14-19-12(9-20(14)8-11)10-1-3-13(16-7-10)21-17-5-6-18-21/h1-9H,15H2. The van der Waals surface area contributed by atoms with E-state index < -0.39 is 0 Å². The van der Waals surface area contributed by atoms with Gasteiger partial charge in [0.2, 0.25) is 0 Å². The molecule has 4 rings (SSSR count). The number of anilines is 1. The summed E-state index contributed by atoms with van der Waals surface area (Å²) in [6.45, 7) is 0. The molecule has 0 radical (unpaired) electrons. The first-order valence-corrected chi connectivity index (χ1v) is 6.37. The smallest absolute Gasteiger partial charge is 0.174 e. The summed E-state index contributed by atoms with van der Waals surface area (Å²) >= 11 is 0. The van der Waals surface area contributed by atoms with Crippen molar-refractivity contribution in [3.05, 3.63) is 55.2 Å². The predicted octanol–water partition coefficient (Wildman–Crippen LogP) is 1.56. The largest absolute Gasteiger partial charge is 0.398 e. The van der Waals surface area contributed by atoms with E-state index >= 15 is 0 Å². The normalized spacial score (nSPS) is 11.0. The third kappa shape index (κ3) is 2.00. The fourth-order valence-electron chi connectivity index (χ4n) is 2.14. The van der Waals surface area contributed by atoms with Crippen molar-refractivity contribution in [1.29, 1.82) is 0 Å². The molecular formula is C14H11N7. The highest BCUT2D eigenvalue weighted by Gasteiger charge is 2.06. The van der Waals surface area contributed by atoms with Gasteiger partial charge in [-0.05, 0) is 24.3 Å². The average molecular weight is 277 g/mol. The van der Waals surface area contributed by atoms with E-state index in [4.69, 9.17) is 5.73 Å². The predicted molar refractivity (Wildman–Crippen MR) is 77.8 cm³/mol. The SMILES string of the molecule is Nc1ccc2nc(-c3ccc(-n4nccn4)nc3)cn2c1. The highest BCUT2D eigenvalue weighted by Crippen LogP contribution is 2.19. The number of nitrogens with two attached hydrogens (primary N) is 1. The molecule has 7 heteroatoms. The van der Waals surface area contributed by atoms with Crippen LogP contribution in [0.3, 0.4) is 0 Å². The van der Waals surface area contributed by atoms with Crippen molar-refractivity contribution in [1.82, 2.24) is 29.4 Å². The fourth-order valence-corrected chi connectivity index (χ4v) is 2.14. The number of fused-ring (bicyclic) bond motifs is 1. The maximum Gasteiger partial charge on any atom is 0.174 e. The van der Waals surface area contributed by atoms with Crippen LogP contribution in [-0.2, 0) is 0 Å². The van der Waals surface area contributed by atoms with Crippen LogP contribution in [0.2, 0.25) is 0 Å². The molecule has 0 spiro atoms. The van der Waals surface area contributed by atoms with E-state index in [1.54, 1.807) is 18.6 Å². The van der Waals surface area contributed by atoms with Crippen molar-refractivity contribution in [2.24, 2.45) is 0 Å². The Bertz CT molecular complexity index is 891. The lowest BCUT2D eigenvalue weighted by molar-refractivity contribution is 0.729. The minimum Gasteiger partial charge on any atom is -0.398 e. The molecule has 4 aromatic rings. The Kier molecular flexibility index (Phi) is 2.43. The molecule has 21 heavy (non-hydrogen) atoms. The third-order valence-corrected chi connectivity index (χ3v) is 3.14. The van der Waals surface area contributed by atoms with Crippen LogP contribution in [-0.4, -0.2) is 29.4 Å². The van der Waals surface area contributed by atoms with Crippen LogP contribution in [0, 0.1) is 0 Å². The second-order valence-corrected chi connectivity index (χ2v) is 4.58. The van der Waals surface area contributed by atoms with Gasteiger partial charge in [-0.3, -0.25) is 0 Å². The van der Waals surface area contributed by atoms with Gasteiger partial charge in [-0.25, -0.2) is 9.97 Å². The number of imidazole rings is 1. The Morgan fingerprint density at radius 3 is 2.57 bits per heavy atom. The number of hydrogen-bond donors (Lipinski definition) is 1. The lowest BCUT2D eigenvalue weighted by Crippen LogP contribution is -2.00. The van der Waals surface area contributed by atoms with E-state index in [2.05, 4.69) is 20.2 Å². The Morgan fingerprint density at radius 1 is 0.952 bits per heavy atom. The zero-order valence-corrected chi connectivity index (χ0v) is 11.0. The number of pyridine rings is 2. The zero-order chi connectivity index (χ0) is 14.2. The summed E-state index contributed by atoms with van der Waals surface area (Å²) in [5.41, 5.74) is 9.08. The number of rotatable bonds is 2. The van der Waals surface area contributed by atoms with Crippen LogP contribution in [0.4, 0.5) is 5.69 Å². The Morgan fingerprint density at radius 2 is 1.81 bits per heavy atom. The van der Waals surface area contributed by atoms with Gasteiger partial charge in [0.25, 0.3) is 0 Å². The number of nitrogens with zero attached hydrogens (tertiary/aromatic N) is 6. The van der Waals surface area contributed by atoms with Gasteiger partial charge in [0.1, 0.15) is 5.65 Å². The third-order valence-electron chi connectivity index (χ3n) is 3.14. The molecule has 4 heterocycles. The van der Waals surface area contributed by atoms with E-state index in [0.29, 0.717) is 11.5 Å². The van der Waals surface area contributed by atoms with Crippen LogP contribution in [0.25, 0.3) is 22.7 Å². The topological polar surface area (TPSA) is 86.9 Å². The molecule has 0 aliphatic rings. The van der Waals surface area contributed by atoms with Gasteiger partial charge in [-0.2, -0.15) is 10.2 Å². The van der Waals surface area contributed by atoms with Crippen LogP contribution >= 0.6 is 0 Å². The minimum atomic E-state index is 0.664. The molecule has 0 fully saturated rings. The molecule has 0 aliphatic heterocycles. The molecule has 0 amide bonds.